The minimum absolute atomic E-state index is 0.148. The van der Waals surface area contributed by atoms with Crippen LogP contribution in [0.5, 0.6) is 11.5 Å². The summed E-state index contributed by atoms with van der Waals surface area (Å²) in [6, 6.07) is 23.3. The summed E-state index contributed by atoms with van der Waals surface area (Å²) in [7, 11) is 3.23. The Bertz CT molecular complexity index is 1160. The van der Waals surface area contributed by atoms with Crippen molar-refractivity contribution < 1.29 is 14.3 Å². The van der Waals surface area contributed by atoms with E-state index in [2.05, 4.69) is 0 Å². The fourth-order valence-corrected chi connectivity index (χ4v) is 4.30. The molecule has 3 aromatic carbocycles. The predicted molar refractivity (Wildman–Crippen MR) is 126 cm³/mol. The van der Waals surface area contributed by atoms with Crippen LogP contribution in [0.1, 0.15) is 11.1 Å². The third-order valence-electron chi connectivity index (χ3n) is 4.80. The minimum atomic E-state index is -0.148. The lowest BCUT2D eigenvalue weighted by Gasteiger charge is -2.18. The summed E-state index contributed by atoms with van der Waals surface area (Å²) in [6.07, 6.45) is 3.40. The average molecular weight is 431 g/mol. The molecule has 4 aromatic rings. The summed E-state index contributed by atoms with van der Waals surface area (Å²) in [5.41, 5.74) is 2.66. The van der Waals surface area contributed by atoms with Gasteiger partial charge in [0.05, 0.1) is 20.8 Å². The van der Waals surface area contributed by atoms with E-state index in [0.29, 0.717) is 28.7 Å². The molecule has 0 aliphatic heterocycles. The number of nitrogens with zero attached hydrogens (tertiary/aromatic N) is 2. The molecule has 0 bridgehead atoms. The lowest BCUT2D eigenvalue weighted by atomic mass is 10.2. The molecule has 4 rings (SSSR count). The number of benzene rings is 3. The Hall–Kier alpha value is -3.64. The van der Waals surface area contributed by atoms with E-state index in [-0.39, 0.29) is 5.91 Å². The van der Waals surface area contributed by atoms with Crippen LogP contribution in [-0.2, 0) is 11.3 Å². The summed E-state index contributed by atoms with van der Waals surface area (Å²) in [5, 5.41) is 0.587. The van der Waals surface area contributed by atoms with E-state index in [1.54, 1.807) is 25.2 Å². The fraction of sp³-hybridized carbons (Fsp3) is 0.120. The lowest BCUT2D eigenvalue weighted by Crippen LogP contribution is -2.28. The van der Waals surface area contributed by atoms with E-state index < -0.39 is 0 Å². The summed E-state index contributed by atoms with van der Waals surface area (Å²) in [6.45, 7) is 0.406. The average Bonchev–Trinajstić information content (AvgIpc) is 3.27. The van der Waals surface area contributed by atoms with Gasteiger partial charge in [0, 0.05) is 6.08 Å². The Balaban J connectivity index is 1.75. The van der Waals surface area contributed by atoms with Gasteiger partial charge in [-0.1, -0.05) is 72.0 Å². The molecule has 6 heteroatoms. The van der Waals surface area contributed by atoms with Crippen LogP contribution in [0.3, 0.4) is 0 Å². The van der Waals surface area contributed by atoms with E-state index in [9.17, 15) is 4.79 Å². The van der Waals surface area contributed by atoms with Gasteiger partial charge in [0.15, 0.2) is 5.13 Å². The summed E-state index contributed by atoms with van der Waals surface area (Å²) >= 11 is 1.41. The Kier molecular flexibility index (Phi) is 6.29. The molecule has 0 aliphatic rings. The first-order valence-corrected chi connectivity index (χ1v) is 10.6. The largest absolute Gasteiger partial charge is 0.495 e. The van der Waals surface area contributed by atoms with Crippen LogP contribution in [0.2, 0.25) is 0 Å². The number of carbonyl (C=O) groups excluding carboxylic acids is 1. The molecule has 0 spiro atoms. The van der Waals surface area contributed by atoms with Crippen LogP contribution in [0.15, 0.2) is 78.9 Å². The summed E-state index contributed by atoms with van der Waals surface area (Å²) in [4.78, 5) is 19.7. The van der Waals surface area contributed by atoms with Gasteiger partial charge in [-0.05, 0) is 29.3 Å². The molecule has 1 heterocycles. The minimum Gasteiger partial charge on any atom is -0.495 e. The number of hydrogen-bond donors (Lipinski definition) is 0. The van der Waals surface area contributed by atoms with E-state index in [0.717, 1.165) is 15.8 Å². The summed E-state index contributed by atoms with van der Waals surface area (Å²) in [5.74, 6) is 1.20. The first kappa shape index (κ1) is 20.6. The Morgan fingerprint density at radius 2 is 1.58 bits per heavy atom. The number of rotatable bonds is 7. The smallest absolute Gasteiger partial charge is 0.253 e. The third kappa shape index (κ3) is 4.59. The normalized spacial score (nSPS) is 11.0. The molecule has 0 radical (unpaired) electrons. The fourth-order valence-electron chi connectivity index (χ4n) is 3.22. The van der Waals surface area contributed by atoms with Gasteiger partial charge in [-0.3, -0.25) is 9.69 Å². The third-order valence-corrected chi connectivity index (χ3v) is 5.89. The molecular weight excluding hydrogens is 408 g/mol. The SMILES string of the molecule is COc1ccc(OC)c2sc(N(Cc3ccccc3)C(=O)/C=C/c3ccccc3)nc12. The second-order valence-corrected chi connectivity index (χ2v) is 7.78. The van der Waals surface area contributed by atoms with Gasteiger partial charge in [0.1, 0.15) is 21.7 Å². The van der Waals surface area contributed by atoms with Gasteiger partial charge in [0.2, 0.25) is 0 Å². The number of hydrogen-bond acceptors (Lipinski definition) is 5. The molecule has 0 N–H and O–H groups in total. The quantitative estimate of drug-likeness (QED) is 0.360. The topological polar surface area (TPSA) is 51.7 Å². The molecule has 31 heavy (non-hydrogen) atoms. The molecule has 0 saturated heterocycles. The molecule has 1 aromatic heterocycles. The van der Waals surface area contributed by atoms with Crippen molar-refractivity contribution >= 4 is 38.7 Å². The molecule has 0 fully saturated rings. The van der Waals surface area contributed by atoms with Crippen molar-refractivity contribution in [3.8, 4) is 11.5 Å². The van der Waals surface area contributed by atoms with E-state index >= 15 is 0 Å². The zero-order chi connectivity index (χ0) is 21.6. The Morgan fingerprint density at radius 3 is 2.26 bits per heavy atom. The van der Waals surface area contributed by atoms with Gasteiger partial charge in [-0.25, -0.2) is 4.98 Å². The zero-order valence-corrected chi connectivity index (χ0v) is 18.1. The predicted octanol–water partition coefficient (Wildman–Crippen LogP) is 5.56. The number of ether oxygens (including phenoxy) is 2. The maximum absolute atomic E-state index is 13.3. The van der Waals surface area contributed by atoms with Gasteiger partial charge < -0.3 is 9.47 Å². The number of carbonyl (C=O) groups is 1. The molecule has 1 amide bonds. The molecule has 5 nitrogen and oxygen atoms in total. The second-order valence-electron chi connectivity index (χ2n) is 6.80. The highest BCUT2D eigenvalue weighted by atomic mass is 32.1. The Morgan fingerprint density at radius 1 is 0.935 bits per heavy atom. The van der Waals surface area contributed by atoms with Gasteiger partial charge >= 0.3 is 0 Å². The van der Waals surface area contributed by atoms with Crippen LogP contribution in [-0.4, -0.2) is 25.1 Å². The highest BCUT2D eigenvalue weighted by Crippen LogP contribution is 2.40. The van der Waals surface area contributed by atoms with Crippen molar-refractivity contribution in [1.82, 2.24) is 4.98 Å². The van der Waals surface area contributed by atoms with Crippen LogP contribution in [0.4, 0.5) is 5.13 Å². The van der Waals surface area contributed by atoms with E-state index in [1.807, 2.05) is 78.9 Å². The molecule has 0 atom stereocenters. The maximum atomic E-state index is 13.3. The first-order valence-electron chi connectivity index (χ1n) is 9.79. The van der Waals surface area contributed by atoms with Crippen LogP contribution < -0.4 is 14.4 Å². The molecule has 156 valence electrons. The van der Waals surface area contributed by atoms with Gasteiger partial charge in [-0.15, -0.1) is 0 Å². The first-order chi connectivity index (χ1) is 15.2. The lowest BCUT2D eigenvalue weighted by molar-refractivity contribution is -0.114. The van der Waals surface area contributed by atoms with Crippen molar-refractivity contribution in [3.63, 3.8) is 0 Å². The number of anilines is 1. The van der Waals surface area contributed by atoms with Crippen LogP contribution in [0.25, 0.3) is 16.3 Å². The van der Waals surface area contributed by atoms with Crippen molar-refractivity contribution in [1.29, 1.82) is 0 Å². The van der Waals surface area contributed by atoms with Crippen molar-refractivity contribution in [2.24, 2.45) is 0 Å². The van der Waals surface area contributed by atoms with Crippen LogP contribution in [0, 0.1) is 0 Å². The highest BCUT2D eigenvalue weighted by molar-refractivity contribution is 7.22. The van der Waals surface area contributed by atoms with E-state index in [4.69, 9.17) is 14.5 Å². The zero-order valence-electron chi connectivity index (χ0n) is 17.3. The number of thiazole rings is 1. The van der Waals surface area contributed by atoms with Gasteiger partial charge in [0.25, 0.3) is 5.91 Å². The molecule has 0 saturated carbocycles. The number of methoxy groups -OCH3 is 2. The number of fused-ring (bicyclic) bond motifs is 1. The van der Waals surface area contributed by atoms with Crippen molar-refractivity contribution in [2.45, 2.75) is 6.54 Å². The number of aromatic nitrogens is 1. The second kappa shape index (κ2) is 9.45. The number of amides is 1. The molecule has 0 aliphatic carbocycles. The standard InChI is InChI=1S/C25H22N2O3S/c1-29-20-14-15-21(30-2)24-23(20)26-25(31-24)27(17-19-11-7-4-8-12-19)22(28)16-13-18-9-5-3-6-10-18/h3-16H,17H2,1-2H3/b16-13+. The van der Waals surface area contributed by atoms with Gasteiger partial charge in [-0.2, -0.15) is 0 Å². The van der Waals surface area contributed by atoms with Crippen LogP contribution >= 0.6 is 11.3 Å². The van der Waals surface area contributed by atoms with Crippen molar-refractivity contribution in [2.75, 3.05) is 19.1 Å². The monoisotopic (exact) mass is 430 g/mol. The Labute approximate surface area is 185 Å². The summed E-state index contributed by atoms with van der Waals surface area (Å²) < 4.78 is 11.8. The van der Waals surface area contributed by atoms with Crippen molar-refractivity contribution in [3.05, 3.63) is 90.0 Å². The highest BCUT2D eigenvalue weighted by Gasteiger charge is 2.21. The molecule has 0 unspecified atom stereocenters. The maximum Gasteiger partial charge on any atom is 0.253 e. The van der Waals surface area contributed by atoms with E-state index in [1.165, 1.54) is 11.3 Å². The molecular formula is C25H22N2O3S.